The molecule has 0 N–H and O–H groups in total. The van der Waals surface area contributed by atoms with Crippen molar-refractivity contribution in [3.63, 3.8) is 0 Å². The fourth-order valence-electron chi connectivity index (χ4n) is 14.8. The van der Waals surface area contributed by atoms with Gasteiger partial charge in [-0.25, -0.2) is 0 Å². The molecule has 0 saturated heterocycles. The molecule has 16 rings (SSSR count). The van der Waals surface area contributed by atoms with Crippen molar-refractivity contribution >= 4 is 60.5 Å². The smallest absolute Gasteiger partial charge is 0.159 e. The molecule has 4 aliphatic rings. The maximum absolute atomic E-state index is 6.93. The summed E-state index contributed by atoms with van der Waals surface area (Å²) in [6.07, 6.45) is 13.1. The second-order valence-electron chi connectivity index (χ2n) is 22.8. The van der Waals surface area contributed by atoms with Crippen LogP contribution in [0.4, 0.5) is 17.1 Å². The minimum Gasteiger partial charge on any atom is -0.454 e. The van der Waals surface area contributed by atoms with Gasteiger partial charge in [-0.1, -0.05) is 208 Å². The second kappa shape index (κ2) is 17.8. The molecule has 12 aromatic rings. The molecule has 1 spiro atoms. The first-order valence-corrected chi connectivity index (χ1v) is 28.5. The minimum atomic E-state index is -0.477. The monoisotopic (exact) mass is 989 g/mol. The highest BCUT2D eigenvalue weighted by atomic mass is 16.3. The molecule has 370 valence electrons. The molecule has 0 aliphatic heterocycles. The molecule has 0 bridgehead atoms. The molecular weight excluding hydrogens is 931 g/mol. The quantitative estimate of drug-likeness (QED) is 0.158. The number of anilines is 3. The minimum absolute atomic E-state index is 0.477. The van der Waals surface area contributed by atoms with E-state index in [0.29, 0.717) is 11.8 Å². The molecule has 0 unspecified atom stereocenters. The Labute approximate surface area is 451 Å². The average molecular weight is 990 g/mol. The Morgan fingerprint density at radius 3 is 1.51 bits per heavy atom. The molecule has 0 radical (unpaired) electrons. The molecule has 77 heavy (non-hydrogen) atoms. The normalized spacial score (nSPS) is 15.8. The molecular formula is C75H59NO. The van der Waals surface area contributed by atoms with E-state index in [1.54, 1.807) is 0 Å². The van der Waals surface area contributed by atoms with Crippen LogP contribution in [0.25, 0.3) is 88.0 Å². The second-order valence-corrected chi connectivity index (χ2v) is 22.8. The fourth-order valence-corrected chi connectivity index (χ4v) is 14.8. The maximum Gasteiger partial charge on any atom is 0.159 e. The first-order chi connectivity index (χ1) is 38.1. The van der Waals surface area contributed by atoms with E-state index in [9.17, 15) is 0 Å². The molecule has 2 fully saturated rings. The lowest BCUT2D eigenvalue weighted by atomic mass is 9.69. The lowest BCUT2D eigenvalue weighted by Crippen LogP contribution is -2.27. The number of fused-ring (bicyclic) bond motifs is 15. The van der Waals surface area contributed by atoms with Crippen molar-refractivity contribution in [1.82, 2.24) is 0 Å². The standard InChI is InChI=1S/C75H59NO/c1-3-14-48(15-4-1)58-34-39-63-64-40-35-59(49-16-5-2-6-17-49)46-70(64)75(69(63)45-58)68-23-11-9-20-62(68)65-41-38-61(47-71(65)75)76(72-24-13-22-67-66-21-10-12-25-73(66)77-74(67)72)60-36-32-51(33-37-60)53-28-29-56-44-57(31-30-55(56)43-53)54-27-26-50-18-7-8-19-52(50)42-54/h7-13,18-49H,1-6,14-17H2. The van der Waals surface area contributed by atoms with Crippen LogP contribution in [0.5, 0.6) is 0 Å². The lowest BCUT2D eigenvalue weighted by Gasteiger charge is -2.33. The largest absolute Gasteiger partial charge is 0.454 e. The van der Waals surface area contributed by atoms with Crippen LogP contribution in [0.2, 0.25) is 0 Å². The van der Waals surface area contributed by atoms with Crippen molar-refractivity contribution in [3.8, 4) is 44.5 Å². The molecule has 1 heterocycles. The number of nitrogens with zero attached hydrogens (tertiary/aromatic N) is 1. The fraction of sp³-hybridized carbons (Fsp3) is 0.173. The predicted octanol–water partition coefficient (Wildman–Crippen LogP) is 21.1. The van der Waals surface area contributed by atoms with Crippen LogP contribution in [-0.4, -0.2) is 0 Å². The van der Waals surface area contributed by atoms with Crippen LogP contribution in [0, 0.1) is 0 Å². The Hall–Kier alpha value is -8.46. The molecule has 2 nitrogen and oxygen atoms in total. The number of hydrogen-bond acceptors (Lipinski definition) is 2. The number of hydrogen-bond donors (Lipinski definition) is 0. The van der Waals surface area contributed by atoms with E-state index >= 15 is 0 Å². The van der Waals surface area contributed by atoms with Gasteiger partial charge in [-0.05, 0) is 192 Å². The molecule has 0 amide bonds. The zero-order valence-electron chi connectivity index (χ0n) is 43.4. The maximum atomic E-state index is 6.93. The zero-order valence-corrected chi connectivity index (χ0v) is 43.4. The Kier molecular flexibility index (Phi) is 10.4. The number of para-hydroxylation sites is 2. The van der Waals surface area contributed by atoms with E-state index in [1.807, 2.05) is 0 Å². The van der Waals surface area contributed by atoms with E-state index < -0.39 is 5.41 Å². The summed E-state index contributed by atoms with van der Waals surface area (Å²) < 4.78 is 6.93. The van der Waals surface area contributed by atoms with Gasteiger partial charge in [-0.15, -0.1) is 0 Å². The third-order valence-electron chi connectivity index (χ3n) is 18.6. The van der Waals surface area contributed by atoms with Gasteiger partial charge in [0, 0.05) is 22.1 Å². The van der Waals surface area contributed by atoms with Crippen molar-refractivity contribution < 1.29 is 4.42 Å². The highest BCUT2D eigenvalue weighted by Gasteiger charge is 2.52. The lowest BCUT2D eigenvalue weighted by molar-refractivity contribution is 0.443. The first-order valence-electron chi connectivity index (χ1n) is 28.5. The van der Waals surface area contributed by atoms with Gasteiger partial charge in [0.15, 0.2) is 5.58 Å². The summed E-state index contributed by atoms with van der Waals surface area (Å²) >= 11 is 0. The van der Waals surface area contributed by atoms with Crippen molar-refractivity contribution in [1.29, 1.82) is 0 Å². The highest BCUT2D eigenvalue weighted by Crippen LogP contribution is 2.64. The van der Waals surface area contributed by atoms with E-state index in [0.717, 1.165) is 39.0 Å². The van der Waals surface area contributed by atoms with Gasteiger partial charge in [0.25, 0.3) is 0 Å². The molecule has 0 atom stereocenters. The van der Waals surface area contributed by atoms with Crippen molar-refractivity contribution in [2.45, 2.75) is 81.5 Å². The molecule has 2 saturated carbocycles. The van der Waals surface area contributed by atoms with Crippen LogP contribution in [0.3, 0.4) is 0 Å². The Morgan fingerprint density at radius 1 is 0.338 bits per heavy atom. The van der Waals surface area contributed by atoms with Gasteiger partial charge in [-0.3, -0.25) is 0 Å². The summed E-state index contributed by atoms with van der Waals surface area (Å²) in [5.74, 6) is 1.20. The topological polar surface area (TPSA) is 16.4 Å². The summed E-state index contributed by atoms with van der Waals surface area (Å²) in [6.45, 7) is 0. The predicted molar refractivity (Wildman–Crippen MR) is 322 cm³/mol. The van der Waals surface area contributed by atoms with Gasteiger partial charge >= 0.3 is 0 Å². The highest BCUT2D eigenvalue weighted by molar-refractivity contribution is 6.10. The average Bonchev–Trinajstić information content (AvgIpc) is 4.23. The summed E-state index contributed by atoms with van der Waals surface area (Å²) in [6, 6.07) is 85.6. The summed E-state index contributed by atoms with van der Waals surface area (Å²) in [4.78, 5) is 2.47. The Balaban J connectivity index is 0.862. The van der Waals surface area contributed by atoms with Crippen LogP contribution in [0.1, 0.15) is 109 Å². The van der Waals surface area contributed by atoms with Crippen LogP contribution < -0.4 is 4.90 Å². The summed E-state index contributed by atoms with van der Waals surface area (Å²) in [5, 5.41) is 7.24. The molecule has 11 aromatic carbocycles. The van der Waals surface area contributed by atoms with E-state index in [1.165, 1.54) is 164 Å². The summed E-state index contributed by atoms with van der Waals surface area (Å²) in [7, 11) is 0. The third kappa shape index (κ3) is 7.07. The Bertz CT molecular complexity index is 4250. The molecule has 4 aliphatic carbocycles. The van der Waals surface area contributed by atoms with Crippen molar-refractivity contribution in [3.05, 3.63) is 258 Å². The van der Waals surface area contributed by atoms with Crippen LogP contribution >= 0.6 is 0 Å². The third-order valence-corrected chi connectivity index (χ3v) is 18.6. The molecule has 1 aromatic heterocycles. The van der Waals surface area contributed by atoms with Gasteiger partial charge < -0.3 is 9.32 Å². The van der Waals surface area contributed by atoms with Gasteiger partial charge in [-0.2, -0.15) is 0 Å². The van der Waals surface area contributed by atoms with Crippen molar-refractivity contribution in [2.75, 3.05) is 4.90 Å². The van der Waals surface area contributed by atoms with E-state index in [-0.39, 0.29) is 0 Å². The zero-order chi connectivity index (χ0) is 50.6. The first kappa shape index (κ1) is 44.8. The van der Waals surface area contributed by atoms with E-state index in [4.69, 9.17) is 4.42 Å². The Morgan fingerprint density at radius 2 is 0.831 bits per heavy atom. The molecule has 2 heteroatoms. The number of rotatable bonds is 7. The summed E-state index contributed by atoms with van der Waals surface area (Å²) in [5.41, 5.74) is 23.5. The van der Waals surface area contributed by atoms with Crippen molar-refractivity contribution in [2.24, 2.45) is 0 Å². The number of furan rings is 1. The SMILES string of the molecule is c1ccc2c(c1)-c1ccc(N(c3ccc(-c4ccc5cc(-c6ccc7ccccc7c6)ccc5c4)cc3)c3cccc4c3oc3ccccc34)cc1C21c2cc(C3CCCCC3)ccc2-c2ccc(C3CCCCC3)cc21. The van der Waals surface area contributed by atoms with Crippen LogP contribution in [-0.2, 0) is 5.41 Å². The van der Waals surface area contributed by atoms with Crippen LogP contribution in [0.15, 0.2) is 229 Å². The number of benzene rings is 11. The van der Waals surface area contributed by atoms with Gasteiger partial charge in [0.05, 0.1) is 11.1 Å². The van der Waals surface area contributed by atoms with E-state index in [2.05, 4.69) is 229 Å². The van der Waals surface area contributed by atoms with Gasteiger partial charge in [0.1, 0.15) is 5.58 Å². The van der Waals surface area contributed by atoms with Gasteiger partial charge in [0.2, 0.25) is 0 Å².